The smallest absolute Gasteiger partial charge is 0.420 e. The van der Waals surface area contributed by atoms with Gasteiger partial charge in [0, 0.05) is 0 Å². The van der Waals surface area contributed by atoms with E-state index in [2.05, 4.69) is 9.73 Å². The molecule has 0 aliphatic rings. The van der Waals surface area contributed by atoms with Gasteiger partial charge >= 0.3 is 6.18 Å². The first-order valence-electron chi connectivity index (χ1n) is 4.52. The van der Waals surface area contributed by atoms with Crippen molar-refractivity contribution in [3.63, 3.8) is 0 Å². The lowest BCUT2D eigenvalue weighted by atomic mass is 10.1. The summed E-state index contributed by atoms with van der Waals surface area (Å²) < 4.78 is 42.6. The van der Waals surface area contributed by atoms with Crippen molar-refractivity contribution in [3.8, 4) is 5.75 Å². The van der Waals surface area contributed by atoms with Gasteiger partial charge in [0.05, 0.1) is 24.2 Å². The van der Waals surface area contributed by atoms with Gasteiger partial charge in [-0.1, -0.05) is 0 Å². The third-order valence-corrected chi connectivity index (χ3v) is 2.17. The lowest BCUT2D eigenvalue weighted by Crippen LogP contribution is -2.12. The van der Waals surface area contributed by atoms with Crippen molar-refractivity contribution in [2.24, 2.45) is 10.7 Å². The maximum Gasteiger partial charge on any atom is 0.420 e. The number of nitrogens with two attached hydrogens (primary N) is 1. The molecule has 17 heavy (non-hydrogen) atoms. The van der Waals surface area contributed by atoms with E-state index in [0.29, 0.717) is 0 Å². The van der Waals surface area contributed by atoms with Gasteiger partial charge in [-0.3, -0.25) is 0 Å². The number of amidine groups is 1. The monoisotopic (exact) mass is 266 g/mol. The van der Waals surface area contributed by atoms with Crippen LogP contribution >= 0.6 is 11.6 Å². The van der Waals surface area contributed by atoms with Crippen molar-refractivity contribution in [1.29, 1.82) is 0 Å². The second kappa shape index (κ2) is 5.27. The first-order valence-corrected chi connectivity index (χ1v) is 5.06. The van der Waals surface area contributed by atoms with Gasteiger partial charge in [-0.2, -0.15) is 13.2 Å². The second-order valence-electron chi connectivity index (χ2n) is 3.12. The van der Waals surface area contributed by atoms with E-state index in [1.807, 2.05) is 0 Å². The van der Waals surface area contributed by atoms with Crippen LogP contribution in [0.25, 0.3) is 0 Å². The maximum atomic E-state index is 12.6. The fourth-order valence-electron chi connectivity index (χ4n) is 1.18. The third kappa shape index (κ3) is 3.52. The number of methoxy groups -OCH3 is 1. The van der Waals surface area contributed by atoms with Crippen LogP contribution in [0, 0.1) is 0 Å². The molecule has 0 saturated heterocycles. The Morgan fingerprint density at radius 3 is 2.59 bits per heavy atom. The summed E-state index contributed by atoms with van der Waals surface area (Å²) in [6.45, 7) is 0. The summed E-state index contributed by atoms with van der Waals surface area (Å²) >= 11 is 5.39. The molecule has 0 spiro atoms. The molecule has 0 amide bonds. The van der Waals surface area contributed by atoms with E-state index in [4.69, 9.17) is 17.3 Å². The van der Waals surface area contributed by atoms with Gasteiger partial charge in [0.15, 0.2) is 0 Å². The molecule has 0 bridgehead atoms. The van der Waals surface area contributed by atoms with Crippen LogP contribution < -0.4 is 10.5 Å². The van der Waals surface area contributed by atoms with Crippen molar-refractivity contribution < 1.29 is 17.9 Å². The minimum Gasteiger partial charge on any atom is -0.496 e. The summed E-state index contributed by atoms with van der Waals surface area (Å²) in [5.74, 6) is -0.265. The first kappa shape index (κ1) is 13.6. The van der Waals surface area contributed by atoms with Crippen LogP contribution in [0.4, 0.5) is 18.9 Å². The van der Waals surface area contributed by atoms with Crippen LogP contribution in [0.15, 0.2) is 23.2 Å². The molecule has 2 N–H and O–H groups in total. The number of halogens is 4. The van der Waals surface area contributed by atoms with Crippen LogP contribution in [0.2, 0.25) is 0 Å². The van der Waals surface area contributed by atoms with E-state index in [9.17, 15) is 13.2 Å². The molecule has 7 heteroatoms. The summed E-state index contributed by atoms with van der Waals surface area (Å²) in [6.07, 6.45) is -4.51. The zero-order valence-electron chi connectivity index (χ0n) is 8.88. The minimum absolute atomic E-state index is 0.0463. The van der Waals surface area contributed by atoms with E-state index in [0.717, 1.165) is 6.07 Å². The fraction of sp³-hybridized carbons (Fsp3) is 0.300. The molecule has 0 aromatic heterocycles. The van der Waals surface area contributed by atoms with E-state index in [1.165, 1.54) is 19.2 Å². The van der Waals surface area contributed by atoms with E-state index in [1.54, 1.807) is 0 Å². The van der Waals surface area contributed by atoms with Gasteiger partial charge in [0.1, 0.15) is 11.6 Å². The molecule has 3 nitrogen and oxygen atoms in total. The Morgan fingerprint density at radius 1 is 1.47 bits per heavy atom. The van der Waals surface area contributed by atoms with Gasteiger partial charge in [0.25, 0.3) is 0 Å². The molecule has 0 saturated carbocycles. The van der Waals surface area contributed by atoms with Gasteiger partial charge in [-0.25, -0.2) is 4.99 Å². The highest BCUT2D eigenvalue weighted by molar-refractivity contribution is 6.28. The molecule has 1 rings (SSSR count). The number of ether oxygens (including phenoxy) is 1. The summed E-state index contributed by atoms with van der Waals surface area (Å²) in [5.41, 5.74) is 4.52. The lowest BCUT2D eigenvalue weighted by Gasteiger charge is -2.12. The van der Waals surface area contributed by atoms with Gasteiger partial charge < -0.3 is 10.5 Å². The quantitative estimate of drug-likeness (QED) is 0.519. The van der Waals surface area contributed by atoms with Gasteiger partial charge in [0.2, 0.25) is 0 Å². The Kier molecular flexibility index (Phi) is 4.22. The van der Waals surface area contributed by atoms with E-state index >= 15 is 0 Å². The van der Waals surface area contributed by atoms with Crippen molar-refractivity contribution in [2.75, 3.05) is 13.0 Å². The number of hydrogen-bond donors (Lipinski definition) is 1. The van der Waals surface area contributed by atoms with Crippen LogP contribution in [0.3, 0.4) is 0 Å². The number of hydrogen-bond acceptors (Lipinski definition) is 2. The number of aliphatic imine (C=N–C) groups is 1. The van der Waals surface area contributed by atoms with Crippen molar-refractivity contribution in [3.05, 3.63) is 23.8 Å². The largest absolute Gasteiger partial charge is 0.496 e. The molecular weight excluding hydrogens is 257 g/mol. The first-order chi connectivity index (χ1) is 7.88. The Labute approximate surface area is 101 Å². The second-order valence-corrected chi connectivity index (χ2v) is 3.39. The maximum absolute atomic E-state index is 12.6. The highest BCUT2D eigenvalue weighted by Gasteiger charge is 2.34. The third-order valence-electron chi connectivity index (χ3n) is 1.90. The van der Waals surface area contributed by atoms with Crippen LogP contribution in [-0.2, 0) is 6.18 Å². The van der Waals surface area contributed by atoms with Gasteiger partial charge in [-0.15, -0.1) is 11.6 Å². The lowest BCUT2D eigenvalue weighted by molar-refractivity contribution is -0.138. The molecule has 0 atom stereocenters. The summed E-state index contributed by atoms with van der Waals surface area (Å²) in [5, 5.41) is 0. The van der Waals surface area contributed by atoms with Crippen LogP contribution in [-0.4, -0.2) is 18.8 Å². The standard InChI is InChI=1S/C10H10ClF3N2O/c1-17-8-3-2-6(16-9(15)5-11)4-7(8)10(12,13)14/h2-4H,5H2,1H3,(H2,15,16). The molecule has 0 fully saturated rings. The molecule has 0 unspecified atom stereocenters. The topological polar surface area (TPSA) is 47.6 Å². The Hall–Kier alpha value is -1.43. The van der Waals surface area contributed by atoms with Crippen LogP contribution in [0.5, 0.6) is 5.75 Å². The Morgan fingerprint density at radius 2 is 2.12 bits per heavy atom. The molecule has 94 valence electrons. The molecule has 0 radical (unpaired) electrons. The summed E-state index contributed by atoms with van der Waals surface area (Å²) in [6, 6.07) is 3.41. The Bertz CT molecular complexity index is 432. The highest BCUT2D eigenvalue weighted by Crippen LogP contribution is 2.38. The van der Waals surface area contributed by atoms with E-state index < -0.39 is 11.7 Å². The van der Waals surface area contributed by atoms with Crippen molar-refractivity contribution in [2.45, 2.75) is 6.18 Å². The SMILES string of the molecule is COc1ccc(N=C(N)CCl)cc1C(F)(F)F. The van der Waals surface area contributed by atoms with Crippen molar-refractivity contribution >= 4 is 23.1 Å². The molecular formula is C10H10ClF3N2O. The Balaban J connectivity index is 3.23. The zero-order valence-corrected chi connectivity index (χ0v) is 9.64. The summed E-state index contributed by atoms with van der Waals surface area (Å²) in [7, 11) is 1.17. The molecule has 0 heterocycles. The summed E-state index contributed by atoms with van der Waals surface area (Å²) in [4.78, 5) is 3.73. The zero-order chi connectivity index (χ0) is 13.1. The molecule has 0 aliphatic heterocycles. The van der Waals surface area contributed by atoms with E-state index in [-0.39, 0.29) is 23.2 Å². The molecule has 1 aromatic carbocycles. The minimum atomic E-state index is -4.51. The normalized spacial score (nSPS) is 12.6. The highest BCUT2D eigenvalue weighted by atomic mass is 35.5. The fourth-order valence-corrected chi connectivity index (χ4v) is 1.24. The number of nitrogens with zero attached hydrogens (tertiary/aromatic N) is 1. The average Bonchev–Trinajstić information content (AvgIpc) is 2.27. The predicted octanol–water partition coefficient (Wildman–Crippen LogP) is 2.94. The average molecular weight is 267 g/mol. The molecule has 0 aliphatic carbocycles. The van der Waals surface area contributed by atoms with Crippen LogP contribution in [0.1, 0.15) is 5.56 Å². The molecule has 1 aromatic rings. The van der Waals surface area contributed by atoms with Gasteiger partial charge in [-0.05, 0) is 18.2 Å². The predicted molar refractivity (Wildman–Crippen MR) is 60.0 cm³/mol. The number of rotatable bonds is 3. The van der Waals surface area contributed by atoms with Crippen molar-refractivity contribution in [1.82, 2.24) is 0 Å². The number of alkyl halides is 4. The number of benzene rings is 1.